The molecule has 1 aliphatic rings. The van der Waals surface area contributed by atoms with Gasteiger partial charge in [0, 0.05) is 18.8 Å². The second kappa shape index (κ2) is 8.35. The Balaban J connectivity index is 1.81. The number of hydrogen-bond acceptors (Lipinski definition) is 4. The number of nitrogens with zero attached hydrogens (tertiary/aromatic N) is 1. The van der Waals surface area contributed by atoms with E-state index in [-0.39, 0.29) is 6.61 Å². The first-order valence-electron chi connectivity index (χ1n) is 6.72. The standard InChI is InChI=1S/C14H19Cl2NO2S/c15-12-3-1-4-13(16)14(12)19-10-11(18)9-17-5-2-7-20-8-6-17/h1,3-4,11,18H,2,5-10H2. The van der Waals surface area contributed by atoms with E-state index in [1.807, 2.05) is 11.8 Å². The van der Waals surface area contributed by atoms with Gasteiger partial charge in [-0.25, -0.2) is 0 Å². The Morgan fingerprint density at radius 2 is 2.00 bits per heavy atom. The van der Waals surface area contributed by atoms with Crippen LogP contribution in [0.2, 0.25) is 10.0 Å². The molecule has 1 fully saturated rings. The van der Waals surface area contributed by atoms with Crippen LogP contribution < -0.4 is 4.74 Å². The molecule has 3 nitrogen and oxygen atoms in total. The SMILES string of the molecule is OC(COc1c(Cl)cccc1Cl)CN1CCCSCC1. The van der Waals surface area contributed by atoms with Crippen LogP contribution in [0.5, 0.6) is 5.75 Å². The van der Waals surface area contributed by atoms with Crippen molar-refractivity contribution in [2.24, 2.45) is 0 Å². The molecule has 0 spiro atoms. The maximum atomic E-state index is 10.1. The summed E-state index contributed by atoms with van der Waals surface area (Å²) in [5, 5.41) is 11.0. The number of thioether (sulfide) groups is 1. The van der Waals surface area contributed by atoms with Crippen LogP contribution >= 0.6 is 35.0 Å². The number of rotatable bonds is 5. The van der Waals surface area contributed by atoms with Crippen molar-refractivity contribution in [2.75, 3.05) is 37.7 Å². The molecule has 0 bridgehead atoms. The molecule has 1 N–H and O–H groups in total. The predicted octanol–water partition coefficient (Wildman–Crippen LogP) is 3.17. The van der Waals surface area contributed by atoms with E-state index in [1.54, 1.807) is 18.2 Å². The zero-order valence-corrected chi connectivity index (χ0v) is 13.6. The van der Waals surface area contributed by atoms with Gasteiger partial charge in [0.15, 0.2) is 5.75 Å². The molecule has 0 radical (unpaired) electrons. The molecule has 0 saturated carbocycles. The Labute approximate surface area is 134 Å². The summed E-state index contributed by atoms with van der Waals surface area (Å²) in [7, 11) is 0. The van der Waals surface area contributed by atoms with E-state index < -0.39 is 6.10 Å². The summed E-state index contributed by atoms with van der Waals surface area (Å²) in [5.41, 5.74) is 0. The highest BCUT2D eigenvalue weighted by Crippen LogP contribution is 2.32. The summed E-state index contributed by atoms with van der Waals surface area (Å²) < 4.78 is 5.56. The summed E-state index contributed by atoms with van der Waals surface area (Å²) in [4.78, 5) is 2.28. The molecule has 0 amide bonds. The third-order valence-electron chi connectivity index (χ3n) is 3.12. The number of para-hydroxylation sites is 1. The third kappa shape index (κ3) is 5.01. The Morgan fingerprint density at radius 3 is 2.75 bits per heavy atom. The van der Waals surface area contributed by atoms with E-state index in [4.69, 9.17) is 27.9 Å². The lowest BCUT2D eigenvalue weighted by atomic mass is 10.3. The average Bonchev–Trinajstić information content (AvgIpc) is 2.67. The molecule has 0 aliphatic carbocycles. The molecule has 1 unspecified atom stereocenters. The summed E-state index contributed by atoms with van der Waals surface area (Å²) >= 11 is 14.0. The van der Waals surface area contributed by atoms with Gasteiger partial charge in [0.2, 0.25) is 0 Å². The van der Waals surface area contributed by atoms with Crippen LogP contribution in [-0.4, -0.2) is 53.9 Å². The van der Waals surface area contributed by atoms with Crippen LogP contribution in [-0.2, 0) is 0 Å². The van der Waals surface area contributed by atoms with Crippen molar-refractivity contribution in [3.05, 3.63) is 28.2 Å². The molecule has 20 heavy (non-hydrogen) atoms. The van der Waals surface area contributed by atoms with Gasteiger partial charge < -0.3 is 9.84 Å². The number of ether oxygens (including phenoxy) is 1. The largest absolute Gasteiger partial charge is 0.488 e. The van der Waals surface area contributed by atoms with E-state index in [1.165, 1.54) is 12.2 Å². The second-order valence-corrected chi connectivity index (χ2v) is 6.82. The van der Waals surface area contributed by atoms with Gasteiger partial charge in [-0.3, -0.25) is 4.90 Å². The molecule has 1 saturated heterocycles. The Bertz CT molecular complexity index is 405. The predicted molar refractivity (Wildman–Crippen MR) is 86.3 cm³/mol. The van der Waals surface area contributed by atoms with Crippen molar-refractivity contribution < 1.29 is 9.84 Å². The van der Waals surface area contributed by atoms with E-state index >= 15 is 0 Å². The fraction of sp³-hybridized carbons (Fsp3) is 0.571. The van der Waals surface area contributed by atoms with E-state index in [0.717, 1.165) is 18.8 Å². The molecule has 1 aromatic carbocycles. The van der Waals surface area contributed by atoms with Gasteiger partial charge in [-0.1, -0.05) is 29.3 Å². The third-order valence-corrected chi connectivity index (χ3v) is 4.77. The lowest BCUT2D eigenvalue weighted by Gasteiger charge is -2.23. The maximum absolute atomic E-state index is 10.1. The molecule has 1 atom stereocenters. The van der Waals surface area contributed by atoms with Gasteiger partial charge in [0.1, 0.15) is 12.7 Å². The highest BCUT2D eigenvalue weighted by atomic mass is 35.5. The average molecular weight is 336 g/mol. The van der Waals surface area contributed by atoms with Crippen LogP contribution in [0.15, 0.2) is 18.2 Å². The number of benzene rings is 1. The van der Waals surface area contributed by atoms with Gasteiger partial charge in [-0.2, -0.15) is 11.8 Å². The first-order valence-corrected chi connectivity index (χ1v) is 8.63. The first-order chi connectivity index (χ1) is 9.66. The Hall–Kier alpha value is -0.130. The molecule has 6 heteroatoms. The van der Waals surface area contributed by atoms with Crippen molar-refractivity contribution in [3.63, 3.8) is 0 Å². The lowest BCUT2D eigenvalue weighted by Crippen LogP contribution is -2.37. The van der Waals surface area contributed by atoms with Crippen LogP contribution in [0.4, 0.5) is 0 Å². The van der Waals surface area contributed by atoms with Crippen LogP contribution in [0.1, 0.15) is 6.42 Å². The molecule has 112 valence electrons. The van der Waals surface area contributed by atoms with Crippen LogP contribution in [0.25, 0.3) is 0 Å². The maximum Gasteiger partial charge on any atom is 0.156 e. The molecule has 1 aromatic rings. The van der Waals surface area contributed by atoms with Crippen molar-refractivity contribution in [1.82, 2.24) is 4.90 Å². The fourth-order valence-corrected chi connectivity index (χ4v) is 3.56. The van der Waals surface area contributed by atoms with Gasteiger partial charge in [0.25, 0.3) is 0 Å². The molecule has 1 aliphatic heterocycles. The highest BCUT2D eigenvalue weighted by Gasteiger charge is 2.15. The van der Waals surface area contributed by atoms with Gasteiger partial charge in [-0.15, -0.1) is 0 Å². The topological polar surface area (TPSA) is 32.7 Å². The van der Waals surface area contributed by atoms with Crippen LogP contribution in [0, 0.1) is 0 Å². The highest BCUT2D eigenvalue weighted by molar-refractivity contribution is 7.99. The molecular formula is C14H19Cl2NO2S. The quantitative estimate of drug-likeness (QED) is 0.895. The summed E-state index contributed by atoms with van der Waals surface area (Å²) in [6, 6.07) is 5.21. The normalized spacial score (nSPS) is 18.6. The van der Waals surface area contributed by atoms with Crippen molar-refractivity contribution in [2.45, 2.75) is 12.5 Å². The molecular weight excluding hydrogens is 317 g/mol. The minimum absolute atomic E-state index is 0.201. The van der Waals surface area contributed by atoms with E-state index in [9.17, 15) is 5.11 Å². The summed E-state index contributed by atoms with van der Waals surface area (Å²) in [5.74, 6) is 2.78. The van der Waals surface area contributed by atoms with Gasteiger partial charge in [-0.05, 0) is 30.9 Å². The van der Waals surface area contributed by atoms with Gasteiger partial charge >= 0.3 is 0 Å². The Kier molecular flexibility index (Phi) is 6.78. The molecule has 0 aromatic heterocycles. The van der Waals surface area contributed by atoms with Gasteiger partial charge in [0.05, 0.1) is 10.0 Å². The lowest BCUT2D eigenvalue weighted by molar-refractivity contribution is 0.0709. The smallest absolute Gasteiger partial charge is 0.156 e. The number of halogens is 2. The number of aliphatic hydroxyl groups excluding tert-OH is 1. The van der Waals surface area contributed by atoms with Crippen molar-refractivity contribution >= 4 is 35.0 Å². The zero-order valence-electron chi connectivity index (χ0n) is 11.2. The van der Waals surface area contributed by atoms with Crippen molar-refractivity contribution in [3.8, 4) is 5.75 Å². The molecule has 1 heterocycles. The minimum atomic E-state index is -0.537. The van der Waals surface area contributed by atoms with Crippen molar-refractivity contribution in [1.29, 1.82) is 0 Å². The molecule has 2 rings (SSSR count). The zero-order chi connectivity index (χ0) is 14.4. The number of aliphatic hydroxyl groups is 1. The van der Waals surface area contributed by atoms with Crippen LogP contribution in [0.3, 0.4) is 0 Å². The summed E-state index contributed by atoms with van der Waals surface area (Å²) in [6.07, 6.45) is 0.639. The summed E-state index contributed by atoms with van der Waals surface area (Å²) in [6.45, 7) is 2.89. The first kappa shape index (κ1) is 16.2. The second-order valence-electron chi connectivity index (χ2n) is 4.78. The van der Waals surface area contributed by atoms with E-state index in [2.05, 4.69) is 4.90 Å². The number of hydrogen-bond donors (Lipinski definition) is 1. The Morgan fingerprint density at radius 1 is 1.25 bits per heavy atom. The monoisotopic (exact) mass is 335 g/mol. The fourth-order valence-electron chi connectivity index (χ4n) is 2.13. The van der Waals surface area contributed by atoms with E-state index in [0.29, 0.717) is 22.3 Å². The minimum Gasteiger partial charge on any atom is -0.488 e. The number of β-amino-alcohol motifs (C(OH)–C–C–N with tert-alkyl or cyclic N) is 1.